The fourth-order valence-electron chi connectivity index (χ4n) is 5.22. The number of imide groups is 1. The molecule has 0 radical (unpaired) electrons. The largest absolute Gasteiger partial charge is 0.496 e. The maximum atomic E-state index is 13.9. The number of hydrogen-bond donors (Lipinski definition) is 1. The number of thioether (sulfide) groups is 1. The minimum atomic E-state index is -0.864. The number of fused-ring (bicyclic) bond motifs is 2. The summed E-state index contributed by atoms with van der Waals surface area (Å²) in [5.41, 5.74) is 1.52. The van der Waals surface area contributed by atoms with Crippen LogP contribution in [0.5, 0.6) is 5.75 Å². The number of rotatable bonds is 6. The lowest BCUT2D eigenvalue weighted by atomic mass is 9.82. The Bertz CT molecular complexity index is 1690. The van der Waals surface area contributed by atoms with Gasteiger partial charge in [-0.3, -0.25) is 23.7 Å². The molecule has 6 rings (SSSR count). The number of nitrogens with one attached hydrogen (secondary N) is 1. The Kier molecular flexibility index (Phi) is 6.77. The van der Waals surface area contributed by atoms with Gasteiger partial charge < -0.3 is 10.1 Å². The van der Waals surface area contributed by atoms with Crippen molar-refractivity contribution in [3.05, 3.63) is 105 Å². The van der Waals surface area contributed by atoms with Gasteiger partial charge in [0.05, 0.1) is 23.7 Å². The van der Waals surface area contributed by atoms with Gasteiger partial charge in [-0.25, -0.2) is 9.29 Å². The fourth-order valence-corrected chi connectivity index (χ4v) is 7.99. The average molecular weight is 576 g/mol. The molecule has 0 spiro atoms. The third-order valence-electron chi connectivity index (χ3n) is 6.97. The van der Waals surface area contributed by atoms with Crippen molar-refractivity contribution in [1.29, 1.82) is 0 Å². The Morgan fingerprint density at radius 3 is 2.38 bits per heavy atom. The van der Waals surface area contributed by atoms with Crippen LogP contribution >= 0.6 is 23.1 Å². The zero-order valence-corrected chi connectivity index (χ0v) is 22.7. The van der Waals surface area contributed by atoms with Crippen LogP contribution in [-0.4, -0.2) is 34.6 Å². The number of benzene rings is 3. The third kappa shape index (κ3) is 4.40. The van der Waals surface area contributed by atoms with Gasteiger partial charge in [0.2, 0.25) is 17.7 Å². The molecule has 8 nitrogen and oxygen atoms in total. The van der Waals surface area contributed by atoms with E-state index < -0.39 is 40.6 Å². The molecular weight excluding hydrogens is 553 g/mol. The molecule has 1 N–H and O–H groups in total. The number of thiazole rings is 1. The molecule has 1 saturated heterocycles. The van der Waals surface area contributed by atoms with Crippen LogP contribution in [-0.2, 0) is 20.9 Å². The highest BCUT2D eigenvalue weighted by Gasteiger charge is 2.57. The maximum Gasteiger partial charge on any atom is 0.308 e. The number of para-hydroxylation sites is 2. The van der Waals surface area contributed by atoms with Crippen LogP contribution in [0.3, 0.4) is 0 Å². The molecule has 0 unspecified atom stereocenters. The van der Waals surface area contributed by atoms with Crippen LogP contribution in [0.2, 0.25) is 0 Å². The summed E-state index contributed by atoms with van der Waals surface area (Å²) in [6.45, 7) is -0.258. The summed E-state index contributed by atoms with van der Waals surface area (Å²) in [7, 11) is 1.52. The van der Waals surface area contributed by atoms with Crippen molar-refractivity contribution in [2.24, 2.45) is 5.92 Å². The second kappa shape index (κ2) is 10.4. The first-order chi connectivity index (χ1) is 19.4. The monoisotopic (exact) mass is 575 g/mol. The average Bonchev–Trinajstić information content (AvgIpc) is 3.40. The molecule has 202 valence electrons. The normalized spacial score (nSPS) is 19.8. The van der Waals surface area contributed by atoms with E-state index in [-0.39, 0.29) is 17.1 Å². The zero-order valence-electron chi connectivity index (χ0n) is 21.1. The number of hydrogen-bond acceptors (Lipinski definition) is 7. The molecule has 3 atom stereocenters. The minimum absolute atomic E-state index is 0.258. The van der Waals surface area contributed by atoms with Gasteiger partial charge in [0.15, 0.2) is 0 Å². The van der Waals surface area contributed by atoms with E-state index in [1.54, 1.807) is 42.5 Å². The standard InChI is InChI=1S/C29H22FN3O5S2/c1-38-20-10-6-5-9-19(20)22-23-24(27(36)33(26(23)35)18-13-11-16(30)12-14-18)39-28-25(22)40-29(37)32(28)15-21(34)31-17-7-3-2-4-8-17/h2-14,22-24H,15H2,1H3,(H,31,34)/t22-,23-,24+/m0/s1. The van der Waals surface area contributed by atoms with E-state index in [0.717, 1.165) is 28.0 Å². The number of methoxy groups -OCH3 is 1. The van der Waals surface area contributed by atoms with Crippen molar-refractivity contribution < 1.29 is 23.5 Å². The van der Waals surface area contributed by atoms with Crippen molar-refractivity contribution >= 4 is 52.2 Å². The van der Waals surface area contributed by atoms with Crippen molar-refractivity contribution in [3.8, 4) is 5.75 Å². The van der Waals surface area contributed by atoms with Crippen LogP contribution < -0.4 is 19.8 Å². The molecule has 11 heteroatoms. The molecule has 1 fully saturated rings. The number of halogens is 1. The second-order valence-electron chi connectivity index (χ2n) is 9.31. The van der Waals surface area contributed by atoms with Gasteiger partial charge in [0.25, 0.3) is 0 Å². The van der Waals surface area contributed by atoms with E-state index in [1.807, 2.05) is 12.1 Å². The summed E-state index contributed by atoms with van der Waals surface area (Å²) in [4.78, 5) is 55.2. The van der Waals surface area contributed by atoms with Gasteiger partial charge in [-0.05, 0) is 42.5 Å². The number of carbonyl (C=O) groups is 3. The molecule has 2 aliphatic heterocycles. The van der Waals surface area contributed by atoms with Gasteiger partial charge in [-0.15, -0.1) is 0 Å². The smallest absolute Gasteiger partial charge is 0.308 e. The number of amides is 3. The van der Waals surface area contributed by atoms with E-state index in [4.69, 9.17) is 4.74 Å². The van der Waals surface area contributed by atoms with Crippen LogP contribution in [0.1, 0.15) is 16.4 Å². The predicted molar refractivity (Wildman–Crippen MR) is 151 cm³/mol. The summed E-state index contributed by atoms with van der Waals surface area (Å²) >= 11 is 2.07. The SMILES string of the molecule is COc1ccccc1[C@@H]1c2sc(=O)n(CC(=O)Nc3ccccc3)c2S[C@H]2C(=O)N(c3ccc(F)cc3)C(=O)[C@@H]12. The Balaban J connectivity index is 1.44. The van der Waals surface area contributed by atoms with Crippen molar-refractivity contribution in [3.63, 3.8) is 0 Å². The molecule has 3 aromatic carbocycles. The van der Waals surface area contributed by atoms with Crippen molar-refractivity contribution in [1.82, 2.24) is 4.57 Å². The van der Waals surface area contributed by atoms with E-state index in [9.17, 15) is 23.6 Å². The highest BCUT2D eigenvalue weighted by Crippen LogP contribution is 2.55. The first-order valence-corrected chi connectivity index (χ1v) is 14.1. The first kappa shape index (κ1) is 26.0. The summed E-state index contributed by atoms with van der Waals surface area (Å²) in [6, 6.07) is 21.3. The van der Waals surface area contributed by atoms with Crippen LogP contribution in [0, 0.1) is 11.7 Å². The number of anilines is 2. The van der Waals surface area contributed by atoms with Crippen molar-refractivity contribution in [2.75, 3.05) is 17.3 Å². The van der Waals surface area contributed by atoms with E-state index in [2.05, 4.69) is 5.32 Å². The molecular formula is C29H22FN3O5S2. The van der Waals surface area contributed by atoms with Gasteiger partial charge in [0.1, 0.15) is 23.4 Å². The summed E-state index contributed by atoms with van der Waals surface area (Å²) < 4.78 is 20.6. The Morgan fingerprint density at radius 1 is 0.950 bits per heavy atom. The highest BCUT2D eigenvalue weighted by molar-refractivity contribution is 8.00. The quantitative estimate of drug-likeness (QED) is 0.340. The lowest BCUT2D eigenvalue weighted by Crippen LogP contribution is -2.33. The summed E-state index contributed by atoms with van der Waals surface area (Å²) in [5.74, 6) is -2.78. The topological polar surface area (TPSA) is 97.7 Å². The van der Waals surface area contributed by atoms with Crippen LogP contribution in [0.4, 0.5) is 15.8 Å². The van der Waals surface area contributed by atoms with E-state index in [1.165, 1.54) is 35.9 Å². The highest BCUT2D eigenvalue weighted by atomic mass is 32.2. The molecule has 3 amide bonds. The number of aromatic nitrogens is 1. The fraction of sp³-hybridized carbons (Fsp3) is 0.172. The van der Waals surface area contributed by atoms with E-state index >= 15 is 0 Å². The number of nitrogens with zero attached hydrogens (tertiary/aromatic N) is 2. The van der Waals surface area contributed by atoms with E-state index in [0.29, 0.717) is 26.9 Å². The van der Waals surface area contributed by atoms with Gasteiger partial charge in [0, 0.05) is 22.0 Å². The summed E-state index contributed by atoms with van der Waals surface area (Å²) in [6.07, 6.45) is 0. The van der Waals surface area contributed by atoms with Crippen molar-refractivity contribution in [2.45, 2.75) is 22.7 Å². The lowest BCUT2D eigenvalue weighted by Gasteiger charge is -2.31. The molecule has 0 saturated carbocycles. The molecule has 2 aliphatic rings. The number of ether oxygens (including phenoxy) is 1. The van der Waals surface area contributed by atoms with Gasteiger partial charge >= 0.3 is 4.87 Å². The molecule has 0 bridgehead atoms. The molecule has 3 heterocycles. The molecule has 40 heavy (non-hydrogen) atoms. The van der Waals surface area contributed by atoms with Crippen LogP contribution in [0.25, 0.3) is 0 Å². The Labute approximate surface area is 236 Å². The Hall–Kier alpha value is -4.22. The first-order valence-electron chi connectivity index (χ1n) is 12.4. The second-order valence-corrected chi connectivity index (χ2v) is 11.4. The zero-order chi connectivity index (χ0) is 28.0. The third-order valence-corrected chi connectivity index (χ3v) is 9.57. The molecule has 1 aromatic heterocycles. The predicted octanol–water partition coefficient (Wildman–Crippen LogP) is 4.49. The maximum absolute atomic E-state index is 13.9. The number of carbonyl (C=O) groups excluding carboxylic acids is 3. The summed E-state index contributed by atoms with van der Waals surface area (Å²) in [5, 5.41) is 2.39. The van der Waals surface area contributed by atoms with Gasteiger partial charge in [-0.1, -0.05) is 59.5 Å². The lowest BCUT2D eigenvalue weighted by molar-refractivity contribution is -0.122. The van der Waals surface area contributed by atoms with Gasteiger partial charge in [-0.2, -0.15) is 0 Å². The minimum Gasteiger partial charge on any atom is -0.496 e. The molecule has 4 aromatic rings. The Morgan fingerprint density at radius 2 is 1.65 bits per heavy atom. The molecule has 0 aliphatic carbocycles. The van der Waals surface area contributed by atoms with Crippen LogP contribution in [0.15, 0.2) is 88.7 Å².